The van der Waals surface area contributed by atoms with Gasteiger partial charge in [0.25, 0.3) is 5.91 Å². The van der Waals surface area contributed by atoms with Gasteiger partial charge < -0.3 is 14.8 Å². The minimum Gasteiger partial charge on any atom is -0.380 e. The van der Waals surface area contributed by atoms with Crippen molar-refractivity contribution in [1.29, 1.82) is 0 Å². The van der Waals surface area contributed by atoms with Gasteiger partial charge in [-0.2, -0.15) is 5.48 Å². The van der Waals surface area contributed by atoms with E-state index in [4.69, 9.17) is 14.3 Å². The summed E-state index contributed by atoms with van der Waals surface area (Å²) in [6.07, 6.45) is 0.735. The summed E-state index contributed by atoms with van der Waals surface area (Å²) in [5.41, 5.74) is 12.2. The fourth-order valence-corrected chi connectivity index (χ4v) is 3.61. The first-order valence-corrected chi connectivity index (χ1v) is 8.90. The largest absolute Gasteiger partial charge is 0.380 e. The Labute approximate surface area is 152 Å². The molecule has 2 aliphatic heterocycles. The average Bonchev–Trinajstić information content (AvgIpc) is 3.35. The molecule has 142 valence electrons. The first-order valence-electron chi connectivity index (χ1n) is 8.90. The Bertz CT molecular complexity index is 673. The molecule has 0 radical (unpaired) electrons. The first kappa shape index (κ1) is 17.8. The summed E-state index contributed by atoms with van der Waals surface area (Å²) in [5.74, 6) is -0.154. The number of amides is 1. The lowest BCUT2D eigenvalue weighted by molar-refractivity contribution is -0.133. The van der Waals surface area contributed by atoms with Crippen molar-refractivity contribution in [3.05, 3.63) is 34.9 Å². The van der Waals surface area contributed by atoms with Gasteiger partial charge in [0.15, 0.2) is 6.23 Å². The SMILES string of the molecule is COCC1NC(c2ccc3c(c2)CC[C@H]3NC(=O)C2NNC(C)O2)NO1. The van der Waals surface area contributed by atoms with Crippen LogP contribution in [0.25, 0.3) is 0 Å². The summed E-state index contributed by atoms with van der Waals surface area (Å²) in [4.78, 5) is 17.8. The highest BCUT2D eigenvalue weighted by atomic mass is 16.7. The Balaban J connectivity index is 1.40. The van der Waals surface area contributed by atoms with Gasteiger partial charge in [-0.25, -0.2) is 10.9 Å². The average molecular weight is 363 g/mol. The third-order valence-electron chi connectivity index (χ3n) is 4.89. The van der Waals surface area contributed by atoms with Crippen LogP contribution in [0.5, 0.6) is 0 Å². The molecule has 1 aromatic carbocycles. The van der Waals surface area contributed by atoms with Crippen molar-refractivity contribution >= 4 is 5.91 Å². The second kappa shape index (κ2) is 7.57. The van der Waals surface area contributed by atoms with Crippen LogP contribution in [-0.2, 0) is 25.5 Å². The summed E-state index contributed by atoms with van der Waals surface area (Å²) in [6.45, 7) is 2.33. The molecule has 1 aliphatic carbocycles. The van der Waals surface area contributed by atoms with E-state index in [9.17, 15) is 4.79 Å². The van der Waals surface area contributed by atoms with Crippen molar-refractivity contribution < 1.29 is 19.1 Å². The molecule has 9 nitrogen and oxygen atoms in total. The summed E-state index contributed by atoms with van der Waals surface area (Å²) in [6, 6.07) is 6.31. The number of hydrogen-bond acceptors (Lipinski definition) is 8. The highest BCUT2D eigenvalue weighted by Crippen LogP contribution is 2.33. The molecule has 5 N–H and O–H groups in total. The lowest BCUT2D eigenvalue weighted by atomic mass is 10.0. The summed E-state index contributed by atoms with van der Waals surface area (Å²) >= 11 is 0. The molecule has 3 aliphatic rings. The van der Waals surface area contributed by atoms with E-state index < -0.39 is 6.23 Å². The molecule has 2 heterocycles. The molecule has 4 rings (SSSR count). The Kier molecular flexibility index (Phi) is 5.18. The van der Waals surface area contributed by atoms with Crippen LogP contribution >= 0.6 is 0 Å². The fourth-order valence-electron chi connectivity index (χ4n) is 3.61. The maximum atomic E-state index is 12.3. The second-order valence-corrected chi connectivity index (χ2v) is 6.78. The normalized spacial score (nSPS) is 33.4. The molecule has 0 bridgehead atoms. The zero-order valence-electron chi connectivity index (χ0n) is 14.9. The van der Waals surface area contributed by atoms with Crippen molar-refractivity contribution in [1.82, 2.24) is 27.0 Å². The van der Waals surface area contributed by atoms with E-state index in [-0.39, 0.29) is 30.6 Å². The summed E-state index contributed by atoms with van der Waals surface area (Å²) < 4.78 is 10.6. The number of benzene rings is 1. The van der Waals surface area contributed by atoms with Gasteiger partial charge in [0.05, 0.1) is 12.6 Å². The maximum absolute atomic E-state index is 12.3. The Morgan fingerprint density at radius 2 is 2.27 bits per heavy atom. The number of ether oxygens (including phenoxy) is 2. The fraction of sp³-hybridized carbons (Fsp3) is 0.588. The monoisotopic (exact) mass is 363 g/mol. The number of carbonyl (C=O) groups excluding carboxylic acids is 1. The number of rotatable bonds is 5. The molecular formula is C17H25N5O4. The molecule has 1 amide bonds. The molecule has 1 aromatic rings. The van der Waals surface area contributed by atoms with Crippen LogP contribution in [0.2, 0.25) is 0 Å². The third kappa shape index (κ3) is 3.60. The Hall–Kier alpha value is -1.59. The van der Waals surface area contributed by atoms with Gasteiger partial charge in [-0.1, -0.05) is 18.2 Å². The van der Waals surface area contributed by atoms with E-state index in [0.29, 0.717) is 6.61 Å². The Morgan fingerprint density at radius 3 is 3.04 bits per heavy atom. The van der Waals surface area contributed by atoms with E-state index >= 15 is 0 Å². The van der Waals surface area contributed by atoms with Gasteiger partial charge in [-0.3, -0.25) is 14.9 Å². The number of nitrogens with one attached hydrogen (secondary N) is 5. The molecule has 2 saturated heterocycles. The number of methoxy groups -OCH3 is 1. The van der Waals surface area contributed by atoms with Crippen LogP contribution in [0.15, 0.2) is 18.2 Å². The van der Waals surface area contributed by atoms with Crippen LogP contribution in [0.1, 0.15) is 42.2 Å². The quantitative estimate of drug-likeness (QED) is 0.485. The molecule has 26 heavy (non-hydrogen) atoms. The van der Waals surface area contributed by atoms with Crippen LogP contribution < -0.4 is 27.0 Å². The maximum Gasteiger partial charge on any atom is 0.266 e. The highest BCUT2D eigenvalue weighted by Gasteiger charge is 2.32. The van der Waals surface area contributed by atoms with Gasteiger partial charge in [0, 0.05) is 7.11 Å². The highest BCUT2D eigenvalue weighted by molar-refractivity contribution is 5.81. The molecule has 0 saturated carbocycles. The number of carbonyl (C=O) groups is 1. The van der Waals surface area contributed by atoms with Crippen LogP contribution in [0.4, 0.5) is 0 Å². The number of hydrogen-bond donors (Lipinski definition) is 5. The molecular weight excluding hydrogens is 338 g/mol. The van der Waals surface area contributed by atoms with Crippen molar-refractivity contribution in [2.45, 2.75) is 50.7 Å². The summed E-state index contributed by atoms with van der Waals surface area (Å²) in [7, 11) is 1.64. The molecule has 2 fully saturated rings. The zero-order chi connectivity index (χ0) is 18.1. The van der Waals surface area contributed by atoms with Gasteiger partial charge in [-0.05, 0) is 36.5 Å². The standard InChI is InChI=1S/C17H25N5O4/c1-9-20-21-17(25-9)16(23)18-13-6-4-10-7-11(3-5-12(10)13)15-19-14(8-24-2)26-22-15/h3,5,7,9,13-15,17,19-22H,4,6,8H2,1-2H3,(H,18,23)/t9?,13-,14?,15?,17?/m1/s1. The Morgan fingerprint density at radius 1 is 1.38 bits per heavy atom. The van der Waals surface area contributed by atoms with Crippen molar-refractivity contribution in [2.75, 3.05) is 13.7 Å². The second-order valence-electron chi connectivity index (χ2n) is 6.78. The topological polar surface area (TPSA) is 105 Å². The predicted molar refractivity (Wildman–Crippen MR) is 92.0 cm³/mol. The van der Waals surface area contributed by atoms with E-state index in [2.05, 4.69) is 45.2 Å². The predicted octanol–water partition coefficient (Wildman–Crippen LogP) is -0.318. The van der Waals surface area contributed by atoms with E-state index in [1.165, 1.54) is 5.56 Å². The number of hydroxylamine groups is 1. The number of fused-ring (bicyclic) bond motifs is 1. The van der Waals surface area contributed by atoms with Crippen LogP contribution in [-0.4, -0.2) is 38.3 Å². The van der Waals surface area contributed by atoms with Crippen molar-refractivity contribution in [3.63, 3.8) is 0 Å². The molecule has 9 heteroatoms. The number of hydrazine groups is 1. The lowest BCUT2D eigenvalue weighted by Crippen LogP contribution is -2.44. The van der Waals surface area contributed by atoms with Gasteiger partial charge in [-0.15, -0.1) is 0 Å². The van der Waals surface area contributed by atoms with Gasteiger partial charge in [0.1, 0.15) is 12.4 Å². The summed E-state index contributed by atoms with van der Waals surface area (Å²) in [5, 5.41) is 6.40. The first-order chi connectivity index (χ1) is 12.6. The molecule has 4 unspecified atom stereocenters. The third-order valence-corrected chi connectivity index (χ3v) is 4.89. The van der Waals surface area contributed by atoms with Gasteiger partial charge in [0.2, 0.25) is 6.23 Å². The minimum absolute atomic E-state index is 0.00911. The van der Waals surface area contributed by atoms with Crippen molar-refractivity contribution in [2.24, 2.45) is 0 Å². The lowest BCUT2D eigenvalue weighted by Gasteiger charge is -2.18. The zero-order valence-corrected chi connectivity index (χ0v) is 14.9. The number of aryl methyl sites for hydroxylation is 1. The van der Waals surface area contributed by atoms with Crippen molar-refractivity contribution in [3.8, 4) is 0 Å². The molecule has 0 aromatic heterocycles. The smallest absolute Gasteiger partial charge is 0.266 e. The van der Waals surface area contributed by atoms with E-state index in [1.807, 2.05) is 6.92 Å². The van der Waals surface area contributed by atoms with Gasteiger partial charge >= 0.3 is 0 Å². The van der Waals surface area contributed by atoms with Crippen LogP contribution in [0.3, 0.4) is 0 Å². The molecule has 0 spiro atoms. The van der Waals surface area contributed by atoms with E-state index in [0.717, 1.165) is 24.0 Å². The van der Waals surface area contributed by atoms with E-state index in [1.54, 1.807) is 7.11 Å². The van der Waals surface area contributed by atoms with Crippen LogP contribution in [0, 0.1) is 0 Å². The minimum atomic E-state index is -0.657. The molecule has 5 atom stereocenters.